The number of hydrogen-bond acceptors (Lipinski definition) is 5. The third-order valence-corrected chi connectivity index (χ3v) is 4.54. The molecule has 0 saturated carbocycles. The number of carbonyl (C=O) groups is 1. The van der Waals surface area contributed by atoms with E-state index in [1.807, 2.05) is 35.2 Å². The van der Waals surface area contributed by atoms with Gasteiger partial charge in [-0.25, -0.2) is 9.97 Å². The predicted octanol–water partition coefficient (Wildman–Crippen LogP) is 2.08. The van der Waals surface area contributed by atoms with Gasteiger partial charge < -0.3 is 4.90 Å². The van der Waals surface area contributed by atoms with Gasteiger partial charge in [-0.05, 0) is 37.1 Å². The molecule has 0 N–H and O–H groups in total. The molecule has 0 aliphatic carbocycles. The van der Waals surface area contributed by atoms with Crippen molar-refractivity contribution in [3.8, 4) is 5.69 Å². The lowest BCUT2D eigenvalue weighted by molar-refractivity contribution is 0.0706. The van der Waals surface area contributed by atoms with Gasteiger partial charge in [0.1, 0.15) is 19.0 Å². The summed E-state index contributed by atoms with van der Waals surface area (Å²) in [6.45, 7) is 1.46. The molecule has 7 nitrogen and oxygen atoms in total. The molecule has 1 aliphatic heterocycles. The van der Waals surface area contributed by atoms with E-state index < -0.39 is 0 Å². The van der Waals surface area contributed by atoms with Crippen LogP contribution in [0.15, 0.2) is 55.5 Å². The van der Waals surface area contributed by atoms with E-state index in [0.717, 1.165) is 30.8 Å². The van der Waals surface area contributed by atoms with Crippen LogP contribution in [0.2, 0.25) is 0 Å². The first-order valence-electron chi connectivity index (χ1n) is 8.31. The first-order chi connectivity index (χ1) is 12.3. The lowest BCUT2D eigenvalue weighted by Crippen LogP contribution is -2.39. The lowest BCUT2D eigenvalue weighted by atomic mass is 9.94. The van der Waals surface area contributed by atoms with Crippen LogP contribution in [0.3, 0.4) is 0 Å². The average Bonchev–Trinajstić information content (AvgIpc) is 3.23. The molecule has 1 amide bonds. The molecule has 3 aromatic rings. The summed E-state index contributed by atoms with van der Waals surface area (Å²) in [7, 11) is 0. The zero-order chi connectivity index (χ0) is 17.1. The normalized spacial score (nSPS) is 17.4. The van der Waals surface area contributed by atoms with Crippen LogP contribution in [-0.4, -0.2) is 48.6 Å². The van der Waals surface area contributed by atoms with Gasteiger partial charge in [0, 0.05) is 42.1 Å². The predicted molar refractivity (Wildman–Crippen MR) is 91.3 cm³/mol. The Morgan fingerprint density at radius 1 is 1.16 bits per heavy atom. The van der Waals surface area contributed by atoms with E-state index >= 15 is 0 Å². The Hall–Kier alpha value is -3.09. The minimum Gasteiger partial charge on any atom is -0.338 e. The number of carbonyl (C=O) groups excluding carboxylic acids is 1. The van der Waals surface area contributed by atoms with Gasteiger partial charge in [-0.15, -0.1) is 10.2 Å². The summed E-state index contributed by atoms with van der Waals surface area (Å²) in [5.41, 5.74) is 2.56. The van der Waals surface area contributed by atoms with Crippen LogP contribution in [-0.2, 0) is 0 Å². The van der Waals surface area contributed by atoms with Crippen molar-refractivity contribution in [3.63, 3.8) is 0 Å². The first-order valence-corrected chi connectivity index (χ1v) is 8.31. The van der Waals surface area contributed by atoms with Crippen LogP contribution in [0.25, 0.3) is 5.69 Å². The Balaban J connectivity index is 1.53. The third kappa shape index (κ3) is 3.26. The van der Waals surface area contributed by atoms with Crippen LogP contribution in [0, 0.1) is 0 Å². The molecule has 3 heterocycles. The van der Waals surface area contributed by atoms with E-state index in [1.165, 1.54) is 0 Å². The number of benzene rings is 1. The van der Waals surface area contributed by atoms with Gasteiger partial charge in [-0.1, -0.05) is 6.07 Å². The molecule has 126 valence electrons. The van der Waals surface area contributed by atoms with E-state index in [1.54, 1.807) is 29.7 Å². The number of likely N-dealkylation sites (tertiary alicyclic amines) is 1. The summed E-state index contributed by atoms with van der Waals surface area (Å²) in [5.74, 6) is 0.315. The molecule has 1 atom stereocenters. The molecule has 25 heavy (non-hydrogen) atoms. The highest BCUT2D eigenvalue weighted by Gasteiger charge is 2.26. The van der Waals surface area contributed by atoms with Crippen molar-refractivity contribution >= 4 is 5.91 Å². The maximum absolute atomic E-state index is 13.0. The zero-order valence-electron chi connectivity index (χ0n) is 13.7. The van der Waals surface area contributed by atoms with Crippen molar-refractivity contribution in [2.75, 3.05) is 13.1 Å². The smallest absolute Gasteiger partial charge is 0.253 e. The molecule has 1 saturated heterocycles. The molecule has 1 fully saturated rings. The summed E-state index contributed by atoms with van der Waals surface area (Å²) in [5, 5.41) is 7.62. The third-order valence-electron chi connectivity index (χ3n) is 4.54. The number of piperidine rings is 1. The van der Waals surface area contributed by atoms with E-state index in [4.69, 9.17) is 0 Å². The molecule has 0 spiro atoms. The molecule has 2 aromatic heterocycles. The van der Waals surface area contributed by atoms with Crippen LogP contribution < -0.4 is 0 Å². The number of rotatable bonds is 3. The largest absolute Gasteiger partial charge is 0.338 e. The fourth-order valence-corrected chi connectivity index (χ4v) is 3.26. The van der Waals surface area contributed by atoms with Gasteiger partial charge in [0.2, 0.25) is 0 Å². The van der Waals surface area contributed by atoms with Gasteiger partial charge in [0.15, 0.2) is 0 Å². The quantitative estimate of drug-likeness (QED) is 0.733. The zero-order valence-corrected chi connectivity index (χ0v) is 13.7. The minimum absolute atomic E-state index is 0.0497. The van der Waals surface area contributed by atoms with Gasteiger partial charge in [0.05, 0.1) is 0 Å². The number of amides is 1. The van der Waals surface area contributed by atoms with Crippen LogP contribution in [0.1, 0.15) is 34.8 Å². The average molecular weight is 334 g/mol. The number of hydrogen-bond donors (Lipinski definition) is 0. The molecular weight excluding hydrogens is 316 g/mol. The van der Waals surface area contributed by atoms with Gasteiger partial charge in [-0.3, -0.25) is 9.36 Å². The van der Waals surface area contributed by atoms with Crippen molar-refractivity contribution in [2.45, 2.75) is 18.8 Å². The SMILES string of the molecule is O=C(c1cccc(-n2cnnc2)c1)N1CCCC(c2ccncn2)C1. The Labute approximate surface area is 145 Å². The molecule has 1 unspecified atom stereocenters. The second-order valence-electron chi connectivity index (χ2n) is 6.14. The highest BCUT2D eigenvalue weighted by molar-refractivity contribution is 5.94. The van der Waals surface area contributed by atoms with Crippen molar-refractivity contribution in [3.05, 3.63) is 66.8 Å². The Morgan fingerprint density at radius 2 is 2.04 bits per heavy atom. The van der Waals surface area contributed by atoms with Crippen LogP contribution in [0.5, 0.6) is 0 Å². The minimum atomic E-state index is 0.0497. The van der Waals surface area contributed by atoms with Crippen LogP contribution in [0.4, 0.5) is 0 Å². The Morgan fingerprint density at radius 3 is 2.84 bits per heavy atom. The fraction of sp³-hybridized carbons (Fsp3) is 0.278. The fourth-order valence-electron chi connectivity index (χ4n) is 3.26. The van der Waals surface area contributed by atoms with Crippen molar-refractivity contribution in [1.29, 1.82) is 0 Å². The molecule has 4 rings (SSSR count). The second kappa shape index (κ2) is 6.80. The summed E-state index contributed by atoms with van der Waals surface area (Å²) in [6.07, 6.45) is 8.59. The highest BCUT2D eigenvalue weighted by atomic mass is 16.2. The van der Waals surface area contributed by atoms with Gasteiger partial charge in [0.25, 0.3) is 5.91 Å². The number of aromatic nitrogens is 5. The second-order valence-corrected chi connectivity index (χ2v) is 6.14. The maximum atomic E-state index is 13.0. The van der Waals surface area contributed by atoms with E-state index in [-0.39, 0.29) is 11.8 Å². The van der Waals surface area contributed by atoms with Gasteiger partial charge >= 0.3 is 0 Å². The van der Waals surface area contributed by atoms with E-state index in [2.05, 4.69) is 20.2 Å². The van der Waals surface area contributed by atoms with E-state index in [9.17, 15) is 4.79 Å². The summed E-state index contributed by atoms with van der Waals surface area (Å²) in [6, 6.07) is 9.48. The topological polar surface area (TPSA) is 76.8 Å². The standard InChI is InChI=1S/C18H18N6O/c25-18(14-3-1-5-16(9-14)24-12-21-22-13-24)23-8-2-4-15(10-23)17-6-7-19-11-20-17/h1,3,5-7,9,11-13,15H,2,4,8,10H2. The lowest BCUT2D eigenvalue weighted by Gasteiger charge is -2.32. The monoisotopic (exact) mass is 334 g/mol. The maximum Gasteiger partial charge on any atom is 0.253 e. The van der Waals surface area contributed by atoms with Crippen molar-refractivity contribution in [2.24, 2.45) is 0 Å². The summed E-state index contributed by atoms with van der Waals surface area (Å²) in [4.78, 5) is 23.2. The highest BCUT2D eigenvalue weighted by Crippen LogP contribution is 2.26. The van der Waals surface area contributed by atoms with E-state index in [0.29, 0.717) is 12.1 Å². The molecule has 7 heteroatoms. The summed E-state index contributed by atoms with van der Waals surface area (Å²) >= 11 is 0. The number of nitrogens with zero attached hydrogens (tertiary/aromatic N) is 6. The Kier molecular flexibility index (Phi) is 4.20. The molecule has 1 aliphatic rings. The van der Waals surface area contributed by atoms with Gasteiger partial charge in [-0.2, -0.15) is 0 Å². The molecule has 0 bridgehead atoms. The molecule has 1 aromatic carbocycles. The first kappa shape index (κ1) is 15.4. The summed E-state index contributed by atoms with van der Waals surface area (Å²) < 4.78 is 1.79. The Bertz CT molecular complexity index is 849. The van der Waals surface area contributed by atoms with Crippen molar-refractivity contribution in [1.82, 2.24) is 29.6 Å². The van der Waals surface area contributed by atoms with Crippen LogP contribution >= 0.6 is 0 Å². The molecular formula is C18H18N6O. The molecule has 0 radical (unpaired) electrons. The van der Waals surface area contributed by atoms with Crippen molar-refractivity contribution < 1.29 is 4.79 Å².